The largest absolute Gasteiger partial charge is 0.298 e. The first-order valence-corrected chi connectivity index (χ1v) is 8.84. The van der Waals surface area contributed by atoms with Crippen LogP contribution in [0.4, 0.5) is 13.9 Å². The third-order valence-corrected chi connectivity index (χ3v) is 4.52. The Kier molecular flexibility index (Phi) is 5.35. The van der Waals surface area contributed by atoms with Gasteiger partial charge in [-0.1, -0.05) is 28.1 Å². The van der Waals surface area contributed by atoms with Crippen molar-refractivity contribution in [1.29, 1.82) is 0 Å². The summed E-state index contributed by atoms with van der Waals surface area (Å²) < 4.78 is 27.7. The van der Waals surface area contributed by atoms with E-state index < -0.39 is 11.6 Å². The number of hydrogen-bond donors (Lipinski definition) is 1. The number of amides is 1. The van der Waals surface area contributed by atoms with E-state index in [0.29, 0.717) is 10.8 Å². The lowest BCUT2D eigenvalue weighted by atomic mass is 10.1. The third kappa shape index (κ3) is 4.58. The van der Waals surface area contributed by atoms with Gasteiger partial charge >= 0.3 is 0 Å². The first-order chi connectivity index (χ1) is 12.0. The van der Waals surface area contributed by atoms with E-state index in [9.17, 15) is 13.6 Å². The number of halogens is 3. The SMILES string of the molecule is O=C(C=Cc1ccc(Br)cc1)Nc1nc(-c2ccc(F)cc2F)cs1. The lowest BCUT2D eigenvalue weighted by Crippen LogP contribution is -2.07. The summed E-state index contributed by atoms with van der Waals surface area (Å²) in [4.78, 5) is 16.1. The van der Waals surface area contributed by atoms with Gasteiger partial charge in [-0.2, -0.15) is 0 Å². The van der Waals surface area contributed by atoms with E-state index in [0.717, 1.165) is 22.2 Å². The van der Waals surface area contributed by atoms with Crippen LogP contribution in [0.2, 0.25) is 0 Å². The standard InChI is InChI=1S/C18H11BrF2N2OS/c19-12-4-1-11(2-5-12)3-8-17(24)23-18-22-16(10-25-18)14-7-6-13(20)9-15(14)21/h1-10H,(H,22,23,24). The van der Waals surface area contributed by atoms with Crippen LogP contribution in [0.3, 0.4) is 0 Å². The minimum Gasteiger partial charge on any atom is -0.298 e. The number of thiazole rings is 1. The molecule has 0 aliphatic heterocycles. The zero-order valence-electron chi connectivity index (χ0n) is 12.7. The van der Waals surface area contributed by atoms with E-state index in [-0.39, 0.29) is 11.5 Å². The molecule has 3 nitrogen and oxygen atoms in total. The zero-order chi connectivity index (χ0) is 17.8. The van der Waals surface area contributed by atoms with Crippen LogP contribution in [0.1, 0.15) is 5.56 Å². The van der Waals surface area contributed by atoms with Crippen molar-refractivity contribution >= 4 is 44.4 Å². The van der Waals surface area contributed by atoms with Gasteiger partial charge in [-0.25, -0.2) is 13.8 Å². The predicted octanol–water partition coefficient (Wildman–Crippen LogP) is 5.50. The Hall–Kier alpha value is -2.38. The highest BCUT2D eigenvalue weighted by Gasteiger charge is 2.11. The van der Waals surface area contributed by atoms with E-state index in [1.54, 1.807) is 11.5 Å². The molecule has 0 aliphatic carbocycles. The van der Waals surface area contributed by atoms with Crippen LogP contribution >= 0.6 is 27.3 Å². The van der Waals surface area contributed by atoms with Crippen molar-refractivity contribution in [1.82, 2.24) is 4.98 Å². The van der Waals surface area contributed by atoms with Crippen LogP contribution in [0, 0.1) is 11.6 Å². The molecule has 0 saturated carbocycles. The Labute approximate surface area is 155 Å². The molecular formula is C18H11BrF2N2OS. The van der Waals surface area contributed by atoms with Gasteiger partial charge in [0.15, 0.2) is 5.13 Å². The minimum atomic E-state index is -0.696. The lowest BCUT2D eigenvalue weighted by molar-refractivity contribution is -0.111. The fraction of sp³-hybridized carbons (Fsp3) is 0. The van der Waals surface area contributed by atoms with Crippen LogP contribution in [-0.4, -0.2) is 10.9 Å². The average Bonchev–Trinajstić information content (AvgIpc) is 3.02. The number of nitrogens with one attached hydrogen (secondary N) is 1. The summed E-state index contributed by atoms with van der Waals surface area (Å²) in [5.74, 6) is -1.69. The molecule has 0 atom stereocenters. The van der Waals surface area contributed by atoms with Gasteiger partial charge in [0.1, 0.15) is 11.6 Å². The predicted molar refractivity (Wildman–Crippen MR) is 99.3 cm³/mol. The molecule has 0 radical (unpaired) electrons. The van der Waals surface area contributed by atoms with E-state index in [4.69, 9.17) is 0 Å². The van der Waals surface area contributed by atoms with Gasteiger partial charge in [0.25, 0.3) is 0 Å². The zero-order valence-corrected chi connectivity index (χ0v) is 15.1. The van der Waals surface area contributed by atoms with E-state index in [1.807, 2.05) is 24.3 Å². The molecule has 0 spiro atoms. The van der Waals surface area contributed by atoms with Crippen LogP contribution in [-0.2, 0) is 4.79 Å². The van der Waals surface area contributed by atoms with Crippen molar-refractivity contribution in [3.8, 4) is 11.3 Å². The molecule has 0 bridgehead atoms. The first-order valence-electron chi connectivity index (χ1n) is 7.17. The van der Waals surface area contributed by atoms with Gasteiger partial charge in [0.2, 0.25) is 5.91 Å². The maximum atomic E-state index is 13.8. The first kappa shape index (κ1) is 17.4. The van der Waals surface area contributed by atoms with Gasteiger partial charge < -0.3 is 0 Å². The Bertz CT molecular complexity index is 939. The number of aromatic nitrogens is 1. The number of carbonyl (C=O) groups excluding carboxylic acids is 1. The average molecular weight is 421 g/mol. The molecule has 3 aromatic rings. The minimum absolute atomic E-state index is 0.184. The van der Waals surface area contributed by atoms with Crippen LogP contribution in [0.25, 0.3) is 17.3 Å². The summed E-state index contributed by atoms with van der Waals surface area (Å²) in [5.41, 5.74) is 1.41. The molecule has 0 aliphatic rings. The molecule has 3 rings (SSSR count). The van der Waals surface area contributed by atoms with Crippen molar-refractivity contribution in [2.45, 2.75) is 0 Å². The molecule has 7 heteroatoms. The van der Waals surface area contributed by atoms with Gasteiger partial charge in [-0.3, -0.25) is 10.1 Å². The summed E-state index contributed by atoms with van der Waals surface area (Å²) in [5, 5.41) is 4.56. The Balaban J connectivity index is 1.68. The normalized spacial score (nSPS) is 11.0. The number of carbonyl (C=O) groups is 1. The van der Waals surface area contributed by atoms with Gasteiger partial charge in [0, 0.05) is 27.6 Å². The molecule has 1 amide bonds. The van der Waals surface area contributed by atoms with Crippen LogP contribution < -0.4 is 5.32 Å². The Morgan fingerprint density at radius 1 is 1.16 bits per heavy atom. The second-order valence-electron chi connectivity index (χ2n) is 5.04. The van der Waals surface area contributed by atoms with Crippen molar-refractivity contribution < 1.29 is 13.6 Å². The highest BCUT2D eigenvalue weighted by atomic mass is 79.9. The Morgan fingerprint density at radius 3 is 2.64 bits per heavy atom. The van der Waals surface area contributed by atoms with E-state index in [1.165, 1.54) is 23.5 Å². The molecule has 1 N–H and O–H groups in total. The second kappa shape index (κ2) is 7.67. The van der Waals surface area contributed by atoms with E-state index in [2.05, 4.69) is 26.2 Å². The second-order valence-corrected chi connectivity index (χ2v) is 6.81. The molecule has 2 aromatic carbocycles. The summed E-state index contributed by atoms with van der Waals surface area (Å²) in [6.07, 6.45) is 3.07. The molecule has 0 saturated heterocycles. The summed E-state index contributed by atoms with van der Waals surface area (Å²) >= 11 is 4.51. The number of benzene rings is 2. The molecule has 25 heavy (non-hydrogen) atoms. The van der Waals surface area contributed by atoms with E-state index >= 15 is 0 Å². The molecule has 0 unspecified atom stereocenters. The lowest BCUT2D eigenvalue weighted by Gasteiger charge is -1.99. The molecular weight excluding hydrogens is 410 g/mol. The highest BCUT2D eigenvalue weighted by Crippen LogP contribution is 2.27. The van der Waals surface area contributed by atoms with Gasteiger partial charge in [-0.15, -0.1) is 11.3 Å². The molecule has 126 valence electrons. The van der Waals surface area contributed by atoms with Crippen molar-refractivity contribution in [3.05, 3.63) is 75.6 Å². The maximum absolute atomic E-state index is 13.8. The number of rotatable bonds is 4. The fourth-order valence-corrected chi connectivity index (χ4v) is 3.02. The summed E-state index contributed by atoms with van der Waals surface area (Å²) in [6.45, 7) is 0. The van der Waals surface area contributed by atoms with Crippen molar-refractivity contribution in [2.24, 2.45) is 0 Å². The number of nitrogens with zero attached hydrogens (tertiary/aromatic N) is 1. The Morgan fingerprint density at radius 2 is 1.92 bits per heavy atom. The quantitative estimate of drug-likeness (QED) is 0.565. The van der Waals surface area contributed by atoms with Gasteiger partial charge in [0.05, 0.1) is 5.69 Å². The van der Waals surface area contributed by atoms with Crippen molar-refractivity contribution in [2.75, 3.05) is 5.32 Å². The number of hydrogen-bond acceptors (Lipinski definition) is 3. The maximum Gasteiger partial charge on any atom is 0.250 e. The molecule has 0 fully saturated rings. The summed E-state index contributed by atoms with van der Waals surface area (Å²) in [6, 6.07) is 10.8. The van der Waals surface area contributed by atoms with Crippen LogP contribution in [0.5, 0.6) is 0 Å². The monoisotopic (exact) mass is 420 g/mol. The molecule has 1 heterocycles. The third-order valence-electron chi connectivity index (χ3n) is 3.24. The smallest absolute Gasteiger partial charge is 0.250 e. The fourth-order valence-electron chi connectivity index (χ4n) is 2.04. The molecule has 1 aromatic heterocycles. The number of anilines is 1. The summed E-state index contributed by atoms with van der Waals surface area (Å²) in [7, 11) is 0. The van der Waals surface area contributed by atoms with Gasteiger partial charge in [-0.05, 0) is 35.9 Å². The highest BCUT2D eigenvalue weighted by molar-refractivity contribution is 9.10. The van der Waals surface area contributed by atoms with Crippen LogP contribution in [0.15, 0.2) is 58.4 Å². The topological polar surface area (TPSA) is 42.0 Å². The van der Waals surface area contributed by atoms with Crippen molar-refractivity contribution in [3.63, 3.8) is 0 Å².